The summed E-state index contributed by atoms with van der Waals surface area (Å²) < 4.78 is 5.62. The molecule has 0 aromatic rings. The van der Waals surface area contributed by atoms with Gasteiger partial charge in [0, 0.05) is 19.6 Å². The average Bonchev–Trinajstić information content (AvgIpc) is 2.72. The minimum Gasteiger partial charge on any atom is -0.374 e. The van der Waals surface area contributed by atoms with E-state index in [1.807, 2.05) is 0 Å². The molecule has 0 spiro atoms. The lowest BCUT2D eigenvalue weighted by Crippen LogP contribution is -2.44. The van der Waals surface area contributed by atoms with E-state index in [-0.39, 0.29) is 0 Å². The fraction of sp³-hybridized carbons (Fsp3) is 1.00. The predicted octanol–water partition coefficient (Wildman–Crippen LogP) is 0.755. The Bertz CT molecular complexity index is 151. The van der Waals surface area contributed by atoms with Crippen molar-refractivity contribution in [3.05, 3.63) is 0 Å². The third kappa shape index (κ3) is 3.23. The van der Waals surface area contributed by atoms with Gasteiger partial charge in [-0.3, -0.25) is 0 Å². The van der Waals surface area contributed by atoms with Crippen LogP contribution in [0.3, 0.4) is 0 Å². The van der Waals surface area contributed by atoms with Crippen LogP contribution in [-0.4, -0.2) is 38.9 Å². The Morgan fingerprint density at radius 1 is 1.21 bits per heavy atom. The SMILES string of the molecule is C1CCC(CNCC2CNCCO2)C1. The van der Waals surface area contributed by atoms with Crippen LogP contribution in [0.5, 0.6) is 0 Å². The zero-order valence-electron chi connectivity index (χ0n) is 8.93. The minimum absolute atomic E-state index is 0.394. The molecule has 0 aromatic heterocycles. The van der Waals surface area contributed by atoms with Crippen molar-refractivity contribution in [3.8, 4) is 0 Å². The molecule has 1 aliphatic heterocycles. The predicted molar refractivity (Wildman–Crippen MR) is 57.4 cm³/mol. The molecule has 2 rings (SSSR count). The standard InChI is InChI=1S/C11H22N2O/c1-2-4-10(3-1)7-13-9-11-8-12-5-6-14-11/h10-13H,1-9H2. The second kappa shape index (κ2) is 5.69. The zero-order chi connectivity index (χ0) is 9.64. The summed E-state index contributed by atoms with van der Waals surface area (Å²) in [5.74, 6) is 0.937. The summed E-state index contributed by atoms with van der Waals surface area (Å²) in [4.78, 5) is 0. The molecule has 2 N–H and O–H groups in total. The van der Waals surface area contributed by atoms with Crippen molar-refractivity contribution in [2.75, 3.05) is 32.8 Å². The van der Waals surface area contributed by atoms with Gasteiger partial charge in [0.1, 0.15) is 0 Å². The number of morpholine rings is 1. The summed E-state index contributed by atoms with van der Waals surface area (Å²) in [6.07, 6.45) is 6.13. The summed E-state index contributed by atoms with van der Waals surface area (Å²) in [6, 6.07) is 0. The van der Waals surface area contributed by atoms with Gasteiger partial charge in [0.25, 0.3) is 0 Å². The van der Waals surface area contributed by atoms with Gasteiger partial charge in [0.15, 0.2) is 0 Å². The first-order valence-corrected chi connectivity index (χ1v) is 5.98. The summed E-state index contributed by atoms with van der Waals surface area (Å²) in [5, 5.41) is 6.88. The highest BCUT2D eigenvalue weighted by atomic mass is 16.5. The van der Waals surface area contributed by atoms with E-state index in [2.05, 4.69) is 10.6 Å². The zero-order valence-corrected chi connectivity index (χ0v) is 8.93. The molecule has 0 amide bonds. The van der Waals surface area contributed by atoms with E-state index in [0.717, 1.165) is 32.2 Å². The highest BCUT2D eigenvalue weighted by Gasteiger charge is 2.16. The third-order valence-electron chi connectivity index (χ3n) is 3.28. The monoisotopic (exact) mass is 198 g/mol. The molecule has 0 radical (unpaired) electrons. The third-order valence-corrected chi connectivity index (χ3v) is 3.28. The van der Waals surface area contributed by atoms with Crippen LogP contribution in [0.4, 0.5) is 0 Å². The van der Waals surface area contributed by atoms with Crippen LogP contribution in [0.25, 0.3) is 0 Å². The van der Waals surface area contributed by atoms with Gasteiger partial charge < -0.3 is 15.4 Å². The topological polar surface area (TPSA) is 33.3 Å². The van der Waals surface area contributed by atoms with E-state index in [0.29, 0.717) is 6.10 Å². The minimum atomic E-state index is 0.394. The molecule has 82 valence electrons. The summed E-state index contributed by atoms with van der Waals surface area (Å²) in [6.45, 7) is 5.11. The van der Waals surface area contributed by atoms with E-state index in [1.54, 1.807) is 0 Å². The molecule has 3 heteroatoms. The smallest absolute Gasteiger partial charge is 0.0824 e. The maximum atomic E-state index is 5.62. The Kier molecular flexibility index (Phi) is 4.22. The van der Waals surface area contributed by atoms with E-state index >= 15 is 0 Å². The summed E-state index contributed by atoms with van der Waals surface area (Å²) in [7, 11) is 0. The molecule has 1 saturated heterocycles. The fourth-order valence-electron chi connectivity index (χ4n) is 2.41. The molecule has 2 fully saturated rings. The molecule has 1 unspecified atom stereocenters. The highest BCUT2D eigenvalue weighted by molar-refractivity contribution is 4.73. The lowest BCUT2D eigenvalue weighted by molar-refractivity contribution is 0.0288. The van der Waals surface area contributed by atoms with Crippen molar-refractivity contribution in [2.45, 2.75) is 31.8 Å². The summed E-state index contributed by atoms with van der Waals surface area (Å²) >= 11 is 0. The van der Waals surface area contributed by atoms with Crippen LogP contribution in [-0.2, 0) is 4.74 Å². The molecule has 1 heterocycles. The lowest BCUT2D eigenvalue weighted by atomic mass is 10.1. The van der Waals surface area contributed by atoms with Crippen LogP contribution in [0, 0.1) is 5.92 Å². The Morgan fingerprint density at radius 2 is 2.07 bits per heavy atom. The Morgan fingerprint density at radius 3 is 2.79 bits per heavy atom. The Hall–Kier alpha value is -0.120. The van der Waals surface area contributed by atoms with Crippen molar-refractivity contribution < 1.29 is 4.74 Å². The number of ether oxygens (including phenoxy) is 1. The second-order valence-electron chi connectivity index (χ2n) is 4.51. The van der Waals surface area contributed by atoms with Gasteiger partial charge in [0.05, 0.1) is 12.7 Å². The molecular formula is C11H22N2O. The number of rotatable bonds is 4. The maximum absolute atomic E-state index is 5.62. The van der Waals surface area contributed by atoms with Gasteiger partial charge in [-0.15, -0.1) is 0 Å². The van der Waals surface area contributed by atoms with E-state index in [4.69, 9.17) is 4.74 Å². The van der Waals surface area contributed by atoms with E-state index in [1.165, 1.54) is 32.2 Å². The first kappa shape index (κ1) is 10.4. The number of hydrogen-bond acceptors (Lipinski definition) is 3. The van der Waals surface area contributed by atoms with Crippen molar-refractivity contribution in [3.63, 3.8) is 0 Å². The quantitative estimate of drug-likeness (QED) is 0.699. The molecular weight excluding hydrogens is 176 g/mol. The van der Waals surface area contributed by atoms with Gasteiger partial charge in [-0.1, -0.05) is 12.8 Å². The van der Waals surface area contributed by atoms with Gasteiger partial charge in [-0.2, -0.15) is 0 Å². The molecule has 0 bridgehead atoms. The molecule has 1 atom stereocenters. The second-order valence-corrected chi connectivity index (χ2v) is 4.51. The highest BCUT2D eigenvalue weighted by Crippen LogP contribution is 2.23. The first-order valence-electron chi connectivity index (χ1n) is 5.98. The molecule has 3 nitrogen and oxygen atoms in total. The Labute approximate surface area is 86.6 Å². The Balaban J connectivity index is 1.52. The van der Waals surface area contributed by atoms with Crippen LogP contribution in [0.15, 0.2) is 0 Å². The van der Waals surface area contributed by atoms with Crippen LogP contribution < -0.4 is 10.6 Å². The molecule has 14 heavy (non-hydrogen) atoms. The van der Waals surface area contributed by atoms with Crippen molar-refractivity contribution in [1.82, 2.24) is 10.6 Å². The first-order chi connectivity index (χ1) is 6.95. The maximum Gasteiger partial charge on any atom is 0.0824 e. The van der Waals surface area contributed by atoms with Crippen LogP contribution in [0.1, 0.15) is 25.7 Å². The molecule has 1 saturated carbocycles. The number of nitrogens with one attached hydrogen (secondary N) is 2. The van der Waals surface area contributed by atoms with E-state index < -0.39 is 0 Å². The largest absolute Gasteiger partial charge is 0.374 e. The van der Waals surface area contributed by atoms with Gasteiger partial charge in [-0.05, 0) is 25.3 Å². The summed E-state index contributed by atoms with van der Waals surface area (Å²) in [5.41, 5.74) is 0. The van der Waals surface area contributed by atoms with Gasteiger partial charge >= 0.3 is 0 Å². The lowest BCUT2D eigenvalue weighted by Gasteiger charge is -2.24. The number of hydrogen-bond donors (Lipinski definition) is 2. The van der Waals surface area contributed by atoms with Crippen LogP contribution in [0.2, 0.25) is 0 Å². The van der Waals surface area contributed by atoms with Crippen molar-refractivity contribution in [1.29, 1.82) is 0 Å². The fourth-order valence-corrected chi connectivity index (χ4v) is 2.41. The normalized spacial score (nSPS) is 29.6. The van der Waals surface area contributed by atoms with Gasteiger partial charge in [-0.25, -0.2) is 0 Å². The van der Waals surface area contributed by atoms with Crippen molar-refractivity contribution >= 4 is 0 Å². The van der Waals surface area contributed by atoms with Crippen molar-refractivity contribution in [2.24, 2.45) is 5.92 Å². The van der Waals surface area contributed by atoms with Gasteiger partial charge in [0.2, 0.25) is 0 Å². The van der Waals surface area contributed by atoms with E-state index in [9.17, 15) is 0 Å². The molecule has 1 aliphatic carbocycles. The van der Waals surface area contributed by atoms with Crippen LogP contribution >= 0.6 is 0 Å². The molecule has 2 aliphatic rings. The average molecular weight is 198 g/mol. The molecule has 0 aromatic carbocycles.